The third kappa shape index (κ3) is 9.48. The molecule has 4 fully saturated rings. The molecule has 304 valence electrons. The van der Waals surface area contributed by atoms with Gasteiger partial charge in [-0.05, 0) is 80.0 Å². The summed E-state index contributed by atoms with van der Waals surface area (Å²) in [6, 6.07) is 21.6. The first-order valence-electron chi connectivity index (χ1n) is 19.7. The molecule has 14 heteroatoms. The van der Waals surface area contributed by atoms with Gasteiger partial charge in [0, 0.05) is 44.8 Å². The van der Waals surface area contributed by atoms with E-state index in [2.05, 4.69) is 84.5 Å². The van der Waals surface area contributed by atoms with Crippen molar-refractivity contribution >= 4 is 28.6 Å². The highest BCUT2D eigenvalue weighted by Crippen LogP contribution is 2.35. The van der Waals surface area contributed by atoms with Crippen LogP contribution >= 0.6 is 11.6 Å². The lowest BCUT2D eigenvalue weighted by atomic mass is 9.98. The van der Waals surface area contributed by atoms with Gasteiger partial charge in [-0.15, -0.1) is 10.2 Å². The zero-order valence-corrected chi connectivity index (χ0v) is 31.7. The van der Waals surface area contributed by atoms with Crippen molar-refractivity contribution in [2.45, 2.75) is 103 Å². The molecule has 2 N–H and O–H groups in total. The topological polar surface area (TPSA) is 148 Å². The van der Waals surface area contributed by atoms with E-state index in [0.717, 1.165) is 89.1 Å². The van der Waals surface area contributed by atoms with Gasteiger partial charge in [0.15, 0.2) is 11.0 Å². The second kappa shape index (κ2) is 19.5. The smallest absolute Gasteiger partial charge is 0.278 e. The van der Waals surface area contributed by atoms with Crippen molar-refractivity contribution in [1.82, 2.24) is 39.2 Å². The molecule has 1 aliphatic carbocycles. The van der Waals surface area contributed by atoms with Crippen molar-refractivity contribution in [3.05, 3.63) is 122 Å². The summed E-state index contributed by atoms with van der Waals surface area (Å²) >= 11 is 5.75. The minimum absolute atomic E-state index is 0. The number of H-pyrrole nitrogens is 2. The minimum atomic E-state index is -0.268. The van der Waals surface area contributed by atoms with E-state index in [4.69, 9.17) is 26.2 Å². The summed E-state index contributed by atoms with van der Waals surface area (Å²) in [7, 11) is 0. The number of benzene rings is 2. The molecule has 2 aromatic carbocycles. The molecular formula is C43H56ClN9O4. The number of anilines is 1. The summed E-state index contributed by atoms with van der Waals surface area (Å²) in [6.07, 6.45) is 14.6. The van der Waals surface area contributed by atoms with Crippen LogP contribution in [0.1, 0.15) is 126 Å². The first-order chi connectivity index (χ1) is 27.0. The maximum absolute atomic E-state index is 12.7. The highest BCUT2D eigenvalue weighted by atomic mass is 35.5. The summed E-state index contributed by atoms with van der Waals surface area (Å²) in [5.74, 6) is 3.72. The largest absolute Gasteiger partial charge is 0.381 e. The number of aromatic nitrogens is 8. The fourth-order valence-corrected chi connectivity index (χ4v) is 8.58. The van der Waals surface area contributed by atoms with Crippen LogP contribution in [0.3, 0.4) is 0 Å². The van der Waals surface area contributed by atoms with Crippen molar-refractivity contribution < 1.29 is 9.47 Å². The third-order valence-corrected chi connectivity index (χ3v) is 11.5. The van der Waals surface area contributed by atoms with Crippen LogP contribution in [0.4, 0.5) is 5.95 Å². The van der Waals surface area contributed by atoms with E-state index < -0.39 is 0 Å². The number of nitrogens with one attached hydrogen (secondary N) is 2. The van der Waals surface area contributed by atoms with Crippen molar-refractivity contribution in [2.75, 3.05) is 37.9 Å². The van der Waals surface area contributed by atoms with Gasteiger partial charge in [-0.3, -0.25) is 19.6 Å². The van der Waals surface area contributed by atoms with E-state index in [1.807, 2.05) is 6.07 Å². The van der Waals surface area contributed by atoms with E-state index >= 15 is 0 Å². The summed E-state index contributed by atoms with van der Waals surface area (Å²) in [4.78, 5) is 40.8. The normalized spacial score (nSPS) is 19.0. The summed E-state index contributed by atoms with van der Waals surface area (Å²) in [5.41, 5.74) is 3.34. The van der Waals surface area contributed by atoms with Crippen LogP contribution in [0.15, 0.2) is 82.6 Å². The quantitative estimate of drug-likeness (QED) is 0.176. The monoisotopic (exact) mass is 797 g/mol. The lowest BCUT2D eigenvalue weighted by Gasteiger charge is -2.26. The number of hydrogen-bond donors (Lipinski definition) is 2. The Balaban J connectivity index is 0.000000157. The van der Waals surface area contributed by atoms with Crippen LogP contribution in [-0.2, 0) is 9.47 Å². The van der Waals surface area contributed by atoms with Crippen LogP contribution in [-0.4, -0.2) is 72.1 Å². The number of hydrogen-bond acceptors (Lipinski definition) is 9. The van der Waals surface area contributed by atoms with E-state index in [0.29, 0.717) is 17.0 Å². The van der Waals surface area contributed by atoms with Gasteiger partial charge < -0.3 is 14.4 Å². The van der Waals surface area contributed by atoms with Gasteiger partial charge in [0.2, 0.25) is 11.2 Å². The van der Waals surface area contributed by atoms with Crippen molar-refractivity contribution in [1.29, 1.82) is 0 Å². The number of halogens is 1. The Morgan fingerprint density at radius 2 is 1.11 bits per heavy atom. The number of rotatable bonds is 5. The zero-order chi connectivity index (χ0) is 37.6. The van der Waals surface area contributed by atoms with Gasteiger partial charge in [0.05, 0.1) is 18.4 Å². The van der Waals surface area contributed by atoms with E-state index in [9.17, 15) is 9.59 Å². The highest BCUT2D eigenvalue weighted by Gasteiger charge is 2.30. The van der Waals surface area contributed by atoms with Crippen LogP contribution < -0.4 is 16.0 Å². The molecule has 3 saturated heterocycles. The second-order valence-corrected chi connectivity index (χ2v) is 15.1. The summed E-state index contributed by atoms with van der Waals surface area (Å²) in [6.45, 7) is 3.79. The maximum atomic E-state index is 12.7. The average molecular weight is 798 g/mol. The molecule has 3 aliphatic heterocycles. The van der Waals surface area contributed by atoms with Gasteiger partial charge in [-0.1, -0.05) is 88.4 Å². The van der Waals surface area contributed by atoms with Crippen LogP contribution in [0.5, 0.6) is 0 Å². The summed E-state index contributed by atoms with van der Waals surface area (Å²) < 4.78 is 14.1. The van der Waals surface area contributed by atoms with Gasteiger partial charge in [0.25, 0.3) is 11.1 Å². The lowest BCUT2D eigenvalue weighted by Crippen LogP contribution is -2.29. The Kier molecular flexibility index (Phi) is 14.3. The highest BCUT2D eigenvalue weighted by molar-refractivity contribution is 6.28. The fraction of sp³-hybridized carbons (Fsp3) is 0.488. The standard InChI is InChI=1S/C20H23N5O2.C11H14.C10H11ClN4O2.2CH4/c26-19-17-13-21-18(15-8-11-27-12-9-15)25(17)23-20(22-19)24-10-4-7-16(24)14-5-2-1-3-6-14;1-2-6-10(7-3-1)11-8-4-5-9-11;11-10-13-9(16)7-5-12-8(15(7)14-10)6-1-3-17-4-2-6;;/h1-3,5-6,13,15-16H,4,7-12H2,(H,22,23,26);1-3,6-7,11H,4-5,8-9H2;5-6H,1-4H2,(H,13,14,16);2*1H4/t16-;;;;/m1..../s1. The molecule has 57 heavy (non-hydrogen) atoms. The summed E-state index contributed by atoms with van der Waals surface area (Å²) in [5, 5.41) is 8.99. The van der Waals surface area contributed by atoms with Crippen molar-refractivity contribution in [3.8, 4) is 0 Å². The van der Waals surface area contributed by atoms with E-state index in [-0.39, 0.29) is 49.1 Å². The Morgan fingerprint density at radius 3 is 1.67 bits per heavy atom. The molecule has 1 atom stereocenters. The first-order valence-corrected chi connectivity index (χ1v) is 20.0. The molecule has 10 rings (SSSR count). The Morgan fingerprint density at radius 1 is 0.596 bits per heavy atom. The van der Waals surface area contributed by atoms with Gasteiger partial charge in [0.1, 0.15) is 11.6 Å². The predicted octanol–water partition coefficient (Wildman–Crippen LogP) is 8.23. The molecule has 4 aliphatic rings. The van der Waals surface area contributed by atoms with Crippen LogP contribution in [0.2, 0.25) is 5.28 Å². The Hall–Kier alpha value is -4.85. The van der Waals surface area contributed by atoms with E-state index in [1.165, 1.54) is 42.0 Å². The van der Waals surface area contributed by atoms with Gasteiger partial charge >= 0.3 is 0 Å². The van der Waals surface area contributed by atoms with Gasteiger partial charge in [-0.25, -0.2) is 19.0 Å². The Bertz CT molecular complexity index is 2270. The number of fused-ring (bicyclic) bond motifs is 2. The van der Waals surface area contributed by atoms with Gasteiger partial charge in [-0.2, -0.15) is 0 Å². The van der Waals surface area contributed by atoms with E-state index in [1.54, 1.807) is 16.3 Å². The van der Waals surface area contributed by atoms with Crippen LogP contribution in [0.25, 0.3) is 11.0 Å². The number of nitrogens with zero attached hydrogens (tertiary/aromatic N) is 7. The molecule has 4 aromatic heterocycles. The SMILES string of the molecule is C.C.O=c1[nH]c(Cl)nn2c(C3CCOCC3)ncc12.O=c1[nH]c(N2CCC[C@@H]2c2ccccc2)nn2c(C3CCOCC3)ncc12.c1ccc(C2CCCC2)cc1. The lowest BCUT2D eigenvalue weighted by molar-refractivity contribution is 0.0831. The molecular weight excluding hydrogens is 742 g/mol. The molecule has 1 saturated carbocycles. The first kappa shape index (κ1) is 41.8. The van der Waals surface area contributed by atoms with Crippen molar-refractivity contribution in [3.63, 3.8) is 0 Å². The molecule has 0 unspecified atom stereocenters. The predicted molar refractivity (Wildman–Crippen MR) is 225 cm³/mol. The fourth-order valence-electron chi connectivity index (χ4n) is 8.42. The molecule has 0 radical (unpaired) electrons. The molecule has 13 nitrogen and oxygen atoms in total. The van der Waals surface area contributed by atoms with Crippen LogP contribution in [0, 0.1) is 0 Å². The Labute approximate surface area is 338 Å². The molecule has 0 bridgehead atoms. The van der Waals surface area contributed by atoms with Crippen molar-refractivity contribution in [2.24, 2.45) is 0 Å². The average Bonchev–Trinajstić information content (AvgIpc) is 4.07. The third-order valence-electron chi connectivity index (χ3n) is 11.3. The molecule has 0 spiro atoms. The molecule has 6 aromatic rings. The molecule has 7 heterocycles. The molecule has 0 amide bonds. The number of aromatic amines is 2. The minimum Gasteiger partial charge on any atom is -0.381 e. The number of ether oxygens (including phenoxy) is 2. The maximum Gasteiger partial charge on any atom is 0.278 e. The zero-order valence-electron chi connectivity index (χ0n) is 31.0. The number of imidazole rings is 2. The second-order valence-electron chi connectivity index (χ2n) is 14.8.